The number of carbonyl (C=O) groups is 2. The molecule has 0 saturated carbocycles. The molecule has 2 aromatic rings. The van der Waals surface area contributed by atoms with E-state index in [9.17, 15) is 9.59 Å². The van der Waals surface area contributed by atoms with E-state index in [4.69, 9.17) is 0 Å². The van der Waals surface area contributed by atoms with Crippen LogP contribution < -0.4 is 10.6 Å². The fourth-order valence-corrected chi connectivity index (χ4v) is 2.03. The number of benzene rings is 2. The standard InChI is InChI=1S/C16H16N2O2S/c1-11-6-8-12(9-7-11)10-17-16(20)18-15(19)13-4-2-3-5-14(13)21/h2-9,21H,10H2,1H3,(H2,17,18,19,20). The molecule has 0 aliphatic rings. The highest BCUT2D eigenvalue weighted by atomic mass is 32.1. The Labute approximate surface area is 129 Å². The number of thiol groups is 1. The normalized spacial score (nSPS) is 10.0. The lowest BCUT2D eigenvalue weighted by Gasteiger charge is -2.08. The summed E-state index contributed by atoms with van der Waals surface area (Å²) < 4.78 is 0. The highest BCUT2D eigenvalue weighted by molar-refractivity contribution is 7.80. The molecule has 0 aliphatic heterocycles. The number of carbonyl (C=O) groups excluding carboxylic acids is 2. The minimum absolute atomic E-state index is 0.363. The molecule has 0 spiro atoms. The average Bonchev–Trinajstić information content (AvgIpc) is 2.47. The van der Waals surface area contributed by atoms with Crippen LogP contribution in [0.1, 0.15) is 21.5 Å². The first-order valence-corrected chi connectivity index (χ1v) is 6.93. The van der Waals surface area contributed by atoms with Crippen LogP contribution in [0, 0.1) is 6.92 Å². The molecule has 0 radical (unpaired) electrons. The van der Waals surface area contributed by atoms with E-state index in [1.165, 1.54) is 0 Å². The van der Waals surface area contributed by atoms with Gasteiger partial charge in [-0.15, -0.1) is 12.6 Å². The van der Waals surface area contributed by atoms with Gasteiger partial charge in [-0.1, -0.05) is 42.0 Å². The quantitative estimate of drug-likeness (QED) is 0.763. The van der Waals surface area contributed by atoms with E-state index in [0.29, 0.717) is 17.0 Å². The SMILES string of the molecule is Cc1ccc(CNC(=O)NC(=O)c2ccccc2S)cc1. The number of hydrogen-bond acceptors (Lipinski definition) is 3. The molecular weight excluding hydrogens is 284 g/mol. The number of imide groups is 1. The summed E-state index contributed by atoms with van der Waals surface area (Å²) in [6.07, 6.45) is 0. The van der Waals surface area contributed by atoms with Crippen molar-refractivity contribution in [2.45, 2.75) is 18.4 Å². The van der Waals surface area contributed by atoms with Gasteiger partial charge >= 0.3 is 6.03 Å². The molecule has 108 valence electrons. The number of amides is 3. The van der Waals surface area contributed by atoms with E-state index in [2.05, 4.69) is 23.3 Å². The van der Waals surface area contributed by atoms with Gasteiger partial charge in [0, 0.05) is 11.4 Å². The van der Waals surface area contributed by atoms with Crippen molar-refractivity contribution < 1.29 is 9.59 Å². The van der Waals surface area contributed by atoms with Crippen LogP contribution in [0.2, 0.25) is 0 Å². The molecule has 0 atom stereocenters. The molecule has 5 heteroatoms. The number of aryl methyl sites for hydroxylation is 1. The number of hydrogen-bond donors (Lipinski definition) is 3. The zero-order valence-corrected chi connectivity index (χ0v) is 12.5. The molecule has 0 saturated heterocycles. The topological polar surface area (TPSA) is 58.2 Å². The molecule has 2 aromatic carbocycles. The second-order valence-corrected chi connectivity index (χ2v) is 5.12. The van der Waals surface area contributed by atoms with E-state index in [1.807, 2.05) is 31.2 Å². The smallest absolute Gasteiger partial charge is 0.321 e. The Morgan fingerprint density at radius 3 is 2.38 bits per heavy atom. The summed E-state index contributed by atoms with van der Waals surface area (Å²) in [5, 5.41) is 4.92. The van der Waals surface area contributed by atoms with Gasteiger partial charge in [0.15, 0.2) is 0 Å². The van der Waals surface area contributed by atoms with Crippen LogP contribution >= 0.6 is 12.6 Å². The lowest BCUT2D eigenvalue weighted by molar-refractivity contribution is 0.0961. The van der Waals surface area contributed by atoms with Crippen LogP contribution in [-0.4, -0.2) is 11.9 Å². The van der Waals surface area contributed by atoms with Crippen LogP contribution in [-0.2, 0) is 6.54 Å². The fourth-order valence-electron chi connectivity index (χ4n) is 1.77. The van der Waals surface area contributed by atoms with E-state index >= 15 is 0 Å². The number of nitrogens with one attached hydrogen (secondary N) is 2. The maximum absolute atomic E-state index is 11.9. The van der Waals surface area contributed by atoms with Crippen molar-refractivity contribution in [3.63, 3.8) is 0 Å². The maximum atomic E-state index is 11.9. The van der Waals surface area contributed by atoms with Crippen LogP contribution in [0.3, 0.4) is 0 Å². The summed E-state index contributed by atoms with van der Waals surface area (Å²) >= 11 is 4.19. The highest BCUT2D eigenvalue weighted by Gasteiger charge is 2.12. The first-order valence-electron chi connectivity index (χ1n) is 6.49. The first-order chi connectivity index (χ1) is 10.1. The number of urea groups is 1. The Kier molecular flexibility index (Phi) is 5.00. The zero-order chi connectivity index (χ0) is 15.2. The molecule has 0 heterocycles. The Morgan fingerprint density at radius 2 is 1.71 bits per heavy atom. The van der Waals surface area contributed by atoms with Crippen molar-refractivity contribution in [3.05, 3.63) is 65.2 Å². The summed E-state index contributed by atoms with van der Waals surface area (Å²) in [6.45, 7) is 2.36. The second-order valence-electron chi connectivity index (χ2n) is 4.64. The number of rotatable bonds is 3. The van der Waals surface area contributed by atoms with E-state index in [1.54, 1.807) is 24.3 Å². The molecule has 0 bridgehead atoms. The Balaban J connectivity index is 1.89. The summed E-state index contributed by atoms with van der Waals surface area (Å²) in [4.78, 5) is 24.2. The fraction of sp³-hybridized carbons (Fsp3) is 0.125. The second kappa shape index (κ2) is 6.95. The van der Waals surface area contributed by atoms with E-state index < -0.39 is 11.9 Å². The molecule has 0 fully saturated rings. The molecule has 21 heavy (non-hydrogen) atoms. The van der Waals surface area contributed by atoms with Crippen molar-refractivity contribution in [1.82, 2.24) is 10.6 Å². The van der Waals surface area contributed by atoms with Gasteiger partial charge in [-0.05, 0) is 24.6 Å². The van der Waals surface area contributed by atoms with Gasteiger partial charge in [0.25, 0.3) is 5.91 Å². The van der Waals surface area contributed by atoms with Crippen molar-refractivity contribution in [3.8, 4) is 0 Å². The third-order valence-electron chi connectivity index (χ3n) is 2.95. The van der Waals surface area contributed by atoms with Gasteiger partial charge in [-0.25, -0.2) is 4.79 Å². The Bertz CT molecular complexity index is 654. The van der Waals surface area contributed by atoms with Crippen LogP contribution in [0.15, 0.2) is 53.4 Å². The van der Waals surface area contributed by atoms with Gasteiger partial charge in [-0.2, -0.15) is 0 Å². The molecule has 0 aliphatic carbocycles. The predicted octanol–water partition coefficient (Wildman–Crippen LogP) is 2.92. The van der Waals surface area contributed by atoms with Gasteiger partial charge in [0.2, 0.25) is 0 Å². The van der Waals surface area contributed by atoms with E-state index in [-0.39, 0.29) is 0 Å². The lowest BCUT2D eigenvalue weighted by atomic mass is 10.1. The first kappa shape index (κ1) is 15.1. The summed E-state index contributed by atoms with van der Waals surface area (Å²) in [5.74, 6) is -0.470. The monoisotopic (exact) mass is 300 g/mol. The molecule has 0 aromatic heterocycles. The molecule has 0 unspecified atom stereocenters. The minimum atomic E-state index is -0.530. The lowest BCUT2D eigenvalue weighted by Crippen LogP contribution is -2.39. The largest absolute Gasteiger partial charge is 0.334 e. The summed E-state index contributed by atoms with van der Waals surface area (Å²) in [7, 11) is 0. The molecular formula is C16H16N2O2S. The average molecular weight is 300 g/mol. The van der Waals surface area contributed by atoms with E-state index in [0.717, 1.165) is 11.1 Å². The summed E-state index contributed by atoms with van der Waals surface area (Å²) in [5.41, 5.74) is 2.49. The molecule has 2 N–H and O–H groups in total. The maximum Gasteiger partial charge on any atom is 0.321 e. The van der Waals surface area contributed by atoms with Gasteiger partial charge in [0.1, 0.15) is 0 Å². The highest BCUT2D eigenvalue weighted by Crippen LogP contribution is 2.12. The molecule has 4 nitrogen and oxygen atoms in total. The van der Waals surface area contributed by atoms with Gasteiger partial charge in [0.05, 0.1) is 5.56 Å². The van der Waals surface area contributed by atoms with Crippen molar-refractivity contribution in [1.29, 1.82) is 0 Å². The third-order valence-corrected chi connectivity index (χ3v) is 3.34. The van der Waals surface area contributed by atoms with Gasteiger partial charge in [-0.3, -0.25) is 10.1 Å². The molecule has 3 amide bonds. The predicted molar refractivity (Wildman–Crippen MR) is 84.6 cm³/mol. The van der Waals surface area contributed by atoms with Gasteiger partial charge < -0.3 is 5.32 Å². The summed E-state index contributed by atoms with van der Waals surface area (Å²) in [6, 6.07) is 14.1. The van der Waals surface area contributed by atoms with Crippen LogP contribution in [0.4, 0.5) is 4.79 Å². The Hall–Kier alpha value is -2.27. The van der Waals surface area contributed by atoms with Crippen molar-refractivity contribution in [2.24, 2.45) is 0 Å². The Morgan fingerprint density at radius 1 is 1.05 bits per heavy atom. The molecule has 2 rings (SSSR count). The minimum Gasteiger partial charge on any atom is -0.334 e. The van der Waals surface area contributed by atoms with Crippen LogP contribution in [0.25, 0.3) is 0 Å². The van der Waals surface area contributed by atoms with Crippen LogP contribution in [0.5, 0.6) is 0 Å². The third kappa shape index (κ3) is 4.36. The zero-order valence-electron chi connectivity index (χ0n) is 11.6. The van der Waals surface area contributed by atoms with Crippen molar-refractivity contribution >= 4 is 24.6 Å². The van der Waals surface area contributed by atoms with Crippen molar-refractivity contribution in [2.75, 3.05) is 0 Å².